The summed E-state index contributed by atoms with van der Waals surface area (Å²) in [6.45, 7) is 0. The molecule has 3 rings (SSSR count). The standard InChI is InChI=1S/C15H14N2OS/c1-18-14-4-3-9-17-10-13(16-15(14)17)11-5-7-12(19-2)8-6-11/h3-10H,1-2H3. The first kappa shape index (κ1) is 12.1. The summed E-state index contributed by atoms with van der Waals surface area (Å²) in [4.78, 5) is 5.90. The number of imidazole rings is 1. The van der Waals surface area contributed by atoms with Crippen molar-refractivity contribution in [2.75, 3.05) is 13.4 Å². The van der Waals surface area contributed by atoms with Gasteiger partial charge in [-0.1, -0.05) is 12.1 Å². The minimum absolute atomic E-state index is 0.787. The van der Waals surface area contributed by atoms with Gasteiger partial charge in [-0.3, -0.25) is 0 Å². The first-order chi connectivity index (χ1) is 9.31. The number of thioether (sulfide) groups is 1. The summed E-state index contributed by atoms with van der Waals surface area (Å²) in [6.07, 6.45) is 6.07. The molecule has 2 heterocycles. The number of ether oxygens (including phenoxy) is 1. The van der Waals surface area contributed by atoms with Crippen molar-refractivity contribution >= 4 is 17.4 Å². The average molecular weight is 270 g/mol. The molecule has 1 aromatic carbocycles. The van der Waals surface area contributed by atoms with E-state index in [0.717, 1.165) is 22.7 Å². The molecule has 0 saturated carbocycles. The summed E-state index contributed by atoms with van der Waals surface area (Å²) >= 11 is 1.74. The van der Waals surface area contributed by atoms with E-state index in [2.05, 4.69) is 35.5 Å². The zero-order chi connectivity index (χ0) is 13.2. The van der Waals surface area contributed by atoms with Crippen LogP contribution in [0.25, 0.3) is 16.9 Å². The van der Waals surface area contributed by atoms with Crippen molar-refractivity contribution in [2.45, 2.75) is 4.90 Å². The molecule has 0 amide bonds. The highest BCUT2D eigenvalue weighted by atomic mass is 32.2. The van der Waals surface area contributed by atoms with E-state index >= 15 is 0 Å². The van der Waals surface area contributed by atoms with E-state index in [-0.39, 0.29) is 0 Å². The molecule has 3 aromatic rings. The molecule has 0 aliphatic heterocycles. The predicted octanol–water partition coefficient (Wildman–Crippen LogP) is 3.73. The van der Waals surface area contributed by atoms with E-state index in [1.165, 1.54) is 4.90 Å². The van der Waals surface area contributed by atoms with E-state index in [4.69, 9.17) is 4.74 Å². The third-order valence-electron chi connectivity index (χ3n) is 3.05. The normalized spacial score (nSPS) is 10.8. The molecule has 0 bridgehead atoms. The van der Waals surface area contributed by atoms with Crippen LogP contribution in [0.15, 0.2) is 53.7 Å². The van der Waals surface area contributed by atoms with Crippen LogP contribution in [-0.2, 0) is 0 Å². The lowest BCUT2D eigenvalue weighted by Crippen LogP contribution is -1.88. The molecular weight excluding hydrogens is 256 g/mol. The van der Waals surface area contributed by atoms with Gasteiger partial charge in [-0.2, -0.15) is 0 Å². The zero-order valence-electron chi connectivity index (χ0n) is 10.8. The summed E-state index contributed by atoms with van der Waals surface area (Å²) in [6, 6.07) is 12.3. The number of hydrogen-bond donors (Lipinski definition) is 0. The topological polar surface area (TPSA) is 26.5 Å². The second-order valence-corrected chi connectivity index (χ2v) is 5.04. The third-order valence-corrected chi connectivity index (χ3v) is 3.80. The quantitative estimate of drug-likeness (QED) is 0.678. The van der Waals surface area contributed by atoms with Crippen LogP contribution in [-0.4, -0.2) is 22.8 Å². The fraction of sp³-hybridized carbons (Fsp3) is 0.133. The Balaban J connectivity index is 2.09. The first-order valence-electron chi connectivity index (χ1n) is 5.98. The molecule has 0 aliphatic rings. The Morgan fingerprint density at radius 3 is 2.63 bits per heavy atom. The molecule has 0 spiro atoms. The second-order valence-electron chi connectivity index (χ2n) is 4.16. The molecule has 3 nitrogen and oxygen atoms in total. The number of nitrogens with zero attached hydrogens (tertiary/aromatic N) is 2. The summed E-state index contributed by atoms with van der Waals surface area (Å²) in [5.41, 5.74) is 2.91. The van der Waals surface area contributed by atoms with Gasteiger partial charge >= 0.3 is 0 Å². The van der Waals surface area contributed by atoms with Gasteiger partial charge < -0.3 is 9.14 Å². The summed E-state index contributed by atoms with van der Waals surface area (Å²) < 4.78 is 7.31. The highest BCUT2D eigenvalue weighted by Gasteiger charge is 2.07. The van der Waals surface area contributed by atoms with Gasteiger partial charge in [0.05, 0.1) is 12.8 Å². The van der Waals surface area contributed by atoms with Gasteiger partial charge in [-0.25, -0.2) is 4.98 Å². The molecule has 0 fully saturated rings. The number of fused-ring (bicyclic) bond motifs is 1. The molecule has 0 radical (unpaired) electrons. The van der Waals surface area contributed by atoms with Gasteiger partial charge in [-0.15, -0.1) is 11.8 Å². The van der Waals surface area contributed by atoms with Gasteiger partial charge in [0.25, 0.3) is 0 Å². The van der Waals surface area contributed by atoms with E-state index in [0.29, 0.717) is 0 Å². The molecule has 96 valence electrons. The number of hydrogen-bond acceptors (Lipinski definition) is 3. The highest BCUT2D eigenvalue weighted by molar-refractivity contribution is 7.98. The largest absolute Gasteiger partial charge is 0.493 e. The van der Waals surface area contributed by atoms with Crippen molar-refractivity contribution in [1.82, 2.24) is 9.38 Å². The average Bonchev–Trinajstić information content (AvgIpc) is 2.91. The van der Waals surface area contributed by atoms with Crippen LogP contribution in [0.1, 0.15) is 0 Å². The maximum atomic E-state index is 5.33. The smallest absolute Gasteiger partial charge is 0.180 e. The monoisotopic (exact) mass is 270 g/mol. The predicted molar refractivity (Wildman–Crippen MR) is 79.0 cm³/mol. The van der Waals surface area contributed by atoms with Gasteiger partial charge in [0.2, 0.25) is 0 Å². The van der Waals surface area contributed by atoms with Gasteiger partial charge in [0.1, 0.15) is 0 Å². The molecule has 0 N–H and O–H groups in total. The van der Waals surface area contributed by atoms with Crippen molar-refractivity contribution in [3.63, 3.8) is 0 Å². The van der Waals surface area contributed by atoms with E-state index in [1.807, 2.05) is 28.9 Å². The van der Waals surface area contributed by atoms with E-state index < -0.39 is 0 Å². The lowest BCUT2D eigenvalue weighted by molar-refractivity contribution is 0.417. The maximum absolute atomic E-state index is 5.33. The minimum atomic E-state index is 0.787. The Morgan fingerprint density at radius 2 is 1.95 bits per heavy atom. The number of methoxy groups -OCH3 is 1. The van der Waals surface area contributed by atoms with Crippen LogP contribution in [0.5, 0.6) is 5.75 Å². The first-order valence-corrected chi connectivity index (χ1v) is 7.20. The minimum Gasteiger partial charge on any atom is -0.493 e. The molecule has 0 atom stereocenters. The van der Waals surface area contributed by atoms with Crippen LogP contribution < -0.4 is 4.74 Å². The maximum Gasteiger partial charge on any atom is 0.180 e. The lowest BCUT2D eigenvalue weighted by Gasteiger charge is -1.99. The van der Waals surface area contributed by atoms with E-state index in [1.54, 1.807) is 18.9 Å². The molecule has 0 unspecified atom stereocenters. The number of benzene rings is 1. The van der Waals surface area contributed by atoms with Crippen molar-refractivity contribution in [1.29, 1.82) is 0 Å². The van der Waals surface area contributed by atoms with Crippen LogP contribution in [0.2, 0.25) is 0 Å². The van der Waals surface area contributed by atoms with Crippen molar-refractivity contribution in [3.8, 4) is 17.0 Å². The summed E-state index contributed by atoms with van der Waals surface area (Å²) in [5.74, 6) is 0.787. The van der Waals surface area contributed by atoms with Crippen molar-refractivity contribution < 1.29 is 4.74 Å². The van der Waals surface area contributed by atoms with Crippen molar-refractivity contribution in [3.05, 3.63) is 48.8 Å². The zero-order valence-corrected chi connectivity index (χ0v) is 11.6. The molecule has 0 saturated heterocycles. The number of rotatable bonds is 3. The summed E-state index contributed by atoms with van der Waals surface area (Å²) in [7, 11) is 1.66. The highest BCUT2D eigenvalue weighted by Crippen LogP contribution is 2.25. The molecular formula is C15H14N2OS. The van der Waals surface area contributed by atoms with Crippen LogP contribution in [0.4, 0.5) is 0 Å². The Bertz CT molecular complexity index is 704. The molecule has 2 aromatic heterocycles. The van der Waals surface area contributed by atoms with Crippen LogP contribution in [0.3, 0.4) is 0 Å². The Morgan fingerprint density at radius 1 is 1.16 bits per heavy atom. The van der Waals surface area contributed by atoms with Gasteiger partial charge in [0, 0.05) is 22.9 Å². The Kier molecular flexibility index (Phi) is 3.17. The van der Waals surface area contributed by atoms with Crippen LogP contribution >= 0.6 is 11.8 Å². The van der Waals surface area contributed by atoms with E-state index in [9.17, 15) is 0 Å². The lowest BCUT2D eigenvalue weighted by atomic mass is 10.2. The third kappa shape index (κ3) is 2.19. The second kappa shape index (κ2) is 4.97. The Hall–Kier alpha value is -1.94. The molecule has 0 aliphatic carbocycles. The molecule has 19 heavy (non-hydrogen) atoms. The van der Waals surface area contributed by atoms with Gasteiger partial charge in [0.15, 0.2) is 11.4 Å². The van der Waals surface area contributed by atoms with Gasteiger partial charge in [-0.05, 0) is 30.5 Å². The van der Waals surface area contributed by atoms with Crippen LogP contribution in [0, 0.1) is 0 Å². The fourth-order valence-electron chi connectivity index (χ4n) is 2.05. The molecule has 4 heteroatoms. The number of aromatic nitrogens is 2. The SMILES string of the molecule is COc1cccn2cc(-c3ccc(SC)cc3)nc12. The summed E-state index contributed by atoms with van der Waals surface area (Å²) in [5, 5.41) is 0. The Labute approximate surface area is 116 Å². The van der Waals surface area contributed by atoms with Crippen molar-refractivity contribution in [2.24, 2.45) is 0 Å². The number of pyridine rings is 1. The fourth-order valence-corrected chi connectivity index (χ4v) is 2.46.